The van der Waals surface area contributed by atoms with Gasteiger partial charge in [0.1, 0.15) is 5.60 Å². The lowest BCUT2D eigenvalue weighted by Crippen LogP contribution is -2.46. The molecule has 0 atom stereocenters. The van der Waals surface area contributed by atoms with Gasteiger partial charge in [-0.25, -0.2) is 4.79 Å². The first-order chi connectivity index (χ1) is 7.99. The standard InChI is InChI=1S/C13H16N2O2/c1-10-13(2,3)17-12(16)15(14-10)9-11-7-5-4-6-8-11/h4-8H,9H2,1-3H3. The zero-order valence-electron chi connectivity index (χ0n) is 10.3. The molecular formula is C13H16N2O2. The summed E-state index contributed by atoms with van der Waals surface area (Å²) in [5.41, 5.74) is 1.22. The van der Waals surface area contributed by atoms with Crippen molar-refractivity contribution < 1.29 is 9.53 Å². The van der Waals surface area contributed by atoms with E-state index in [2.05, 4.69) is 5.10 Å². The van der Waals surface area contributed by atoms with Gasteiger partial charge in [-0.2, -0.15) is 10.1 Å². The number of carbonyl (C=O) groups is 1. The van der Waals surface area contributed by atoms with Crippen molar-refractivity contribution in [2.75, 3.05) is 0 Å². The Morgan fingerprint density at radius 2 is 1.94 bits per heavy atom. The molecule has 17 heavy (non-hydrogen) atoms. The van der Waals surface area contributed by atoms with Crippen LogP contribution in [-0.4, -0.2) is 22.4 Å². The quantitative estimate of drug-likeness (QED) is 0.786. The van der Waals surface area contributed by atoms with E-state index in [0.717, 1.165) is 11.3 Å². The van der Waals surface area contributed by atoms with Crippen molar-refractivity contribution in [1.82, 2.24) is 5.01 Å². The van der Waals surface area contributed by atoms with Crippen LogP contribution in [0.4, 0.5) is 4.79 Å². The minimum Gasteiger partial charge on any atom is -0.436 e. The van der Waals surface area contributed by atoms with Gasteiger partial charge in [0.2, 0.25) is 0 Å². The summed E-state index contributed by atoms with van der Waals surface area (Å²) in [7, 11) is 0. The van der Waals surface area contributed by atoms with Crippen LogP contribution in [-0.2, 0) is 11.3 Å². The van der Waals surface area contributed by atoms with Crippen LogP contribution in [0.25, 0.3) is 0 Å². The second-order valence-electron chi connectivity index (χ2n) is 4.61. The Labute approximate surface area is 101 Å². The maximum Gasteiger partial charge on any atom is 0.431 e. The minimum atomic E-state index is -0.607. The zero-order chi connectivity index (χ0) is 12.5. The summed E-state index contributed by atoms with van der Waals surface area (Å²) in [6.07, 6.45) is -0.399. The van der Waals surface area contributed by atoms with E-state index in [1.807, 2.05) is 51.1 Å². The van der Waals surface area contributed by atoms with Gasteiger partial charge in [-0.05, 0) is 26.3 Å². The molecule has 0 spiro atoms. The fourth-order valence-electron chi connectivity index (χ4n) is 1.54. The molecule has 0 bridgehead atoms. The number of benzene rings is 1. The first-order valence-electron chi connectivity index (χ1n) is 5.59. The monoisotopic (exact) mass is 232 g/mol. The molecule has 90 valence electrons. The summed E-state index contributed by atoms with van der Waals surface area (Å²) in [4.78, 5) is 11.8. The molecule has 0 saturated carbocycles. The number of hydrogen-bond donors (Lipinski definition) is 0. The van der Waals surface area contributed by atoms with Crippen molar-refractivity contribution in [1.29, 1.82) is 0 Å². The molecule has 0 aromatic heterocycles. The highest BCUT2D eigenvalue weighted by Crippen LogP contribution is 2.21. The first-order valence-corrected chi connectivity index (χ1v) is 5.59. The summed E-state index contributed by atoms with van der Waals surface area (Å²) >= 11 is 0. The normalized spacial score (nSPS) is 18.6. The highest BCUT2D eigenvalue weighted by Gasteiger charge is 2.34. The van der Waals surface area contributed by atoms with Crippen LogP contribution in [0, 0.1) is 0 Å². The summed E-state index contributed by atoms with van der Waals surface area (Å²) < 4.78 is 5.33. The molecule has 1 heterocycles. The van der Waals surface area contributed by atoms with Crippen LogP contribution in [0.1, 0.15) is 26.3 Å². The number of rotatable bonds is 2. The maximum absolute atomic E-state index is 11.8. The van der Waals surface area contributed by atoms with Crippen LogP contribution in [0.5, 0.6) is 0 Å². The summed E-state index contributed by atoms with van der Waals surface area (Å²) in [6.45, 7) is 5.98. The van der Waals surface area contributed by atoms with Crippen LogP contribution in [0.2, 0.25) is 0 Å². The van der Waals surface area contributed by atoms with E-state index in [4.69, 9.17) is 4.74 Å². The van der Waals surface area contributed by atoms with Gasteiger partial charge in [-0.15, -0.1) is 0 Å². The number of amides is 1. The number of cyclic esters (lactones) is 1. The smallest absolute Gasteiger partial charge is 0.431 e. The number of hydrogen-bond acceptors (Lipinski definition) is 3. The molecule has 0 radical (unpaired) electrons. The van der Waals surface area contributed by atoms with E-state index < -0.39 is 11.7 Å². The third-order valence-corrected chi connectivity index (χ3v) is 2.87. The molecule has 4 heteroatoms. The van der Waals surface area contributed by atoms with E-state index in [1.165, 1.54) is 5.01 Å². The van der Waals surface area contributed by atoms with Gasteiger partial charge in [-0.1, -0.05) is 30.3 Å². The predicted octanol–water partition coefficient (Wildman–Crippen LogP) is 2.79. The number of nitrogens with zero attached hydrogens (tertiary/aromatic N) is 2. The van der Waals surface area contributed by atoms with Crippen molar-refractivity contribution in [3.8, 4) is 0 Å². The largest absolute Gasteiger partial charge is 0.436 e. The average molecular weight is 232 g/mol. The lowest BCUT2D eigenvalue weighted by Gasteiger charge is -2.33. The van der Waals surface area contributed by atoms with Gasteiger partial charge in [-0.3, -0.25) is 0 Å². The number of ether oxygens (including phenoxy) is 1. The second kappa shape index (κ2) is 4.20. The SMILES string of the molecule is CC1=NN(Cc2ccccc2)C(=O)OC1(C)C. The fraction of sp³-hybridized carbons (Fsp3) is 0.385. The lowest BCUT2D eigenvalue weighted by atomic mass is 10.0. The van der Waals surface area contributed by atoms with Crippen LogP contribution in [0.15, 0.2) is 35.4 Å². The minimum absolute atomic E-state index is 0.399. The second-order valence-corrected chi connectivity index (χ2v) is 4.61. The van der Waals surface area contributed by atoms with Crippen molar-refractivity contribution in [2.45, 2.75) is 32.9 Å². The third kappa shape index (κ3) is 2.46. The molecule has 2 rings (SSSR count). The molecule has 0 N–H and O–H groups in total. The molecular weight excluding hydrogens is 216 g/mol. The van der Waals surface area contributed by atoms with Gasteiger partial charge in [0.15, 0.2) is 0 Å². The molecule has 0 unspecified atom stereocenters. The van der Waals surface area contributed by atoms with E-state index in [0.29, 0.717) is 6.54 Å². The molecule has 0 aliphatic carbocycles. The highest BCUT2D eigenvalue weighted by molar-refractivity contribution is 5.94. The van der Waals surface area contributed by atoms with Crippen LogP contribution >= 0.6 is 0 Å². The molecule has 1 amide bonds. The molecule has 1 aliphatic heterocycles. The molecule has 1 aromatic rings. The van der Waals surface area contributed by atoms with E-state index >= 15 is 0 Å². The maximum atomic E-state index is 11.8. The number of carbonyl (C=O) groups excluding carboxylic acids is 1. The highest BCUT2D eigenvalue weighted by atomic mass is 16.6. The predicted molar refractivity (Wildman–Crippen MR) is 65.7 cm³/mol. The van der Waals surface area contributed by atoms with Gasteiger partial charge in [0.05, 0.1) is 12.3 Å². The summed E-state index contributed by atoms with van der Waals surface area (Å²) in [6, 6.07) is 9.72. The fourth-order valence-corrected chi connectivity index (χ4v) is 1.54. The van der Waals surface area contributed by atoms with E-state index in [9.17, 15) is 4.79 Å². The van der Waals surface area contributed by atoms with Crippen molar-refractivity contribution in [3.63, 3.8) is 0 Å². The molecule has 4 nitrogen and oxygen atoms in total. The Hall–Kier alpha value is -1.84. The Morgan fingerprint density at radius 3 is 2.59 bits per heavy atom. The molecule has 1 aromatic carbocycles. The summed E-state index contributed by atoms with van der Waals surface area (Å²) in [5, 5.41) is 5.64. The number of hydrazone groups is 1. The Balaban J connectivity index is 2.18. The third-order valence-electron chi connectivity index (χ3n) is 2.87. The Bertz CT molecular complexity index is 452. The molecule has 0 saturated heterocycles. The van der Waals surface area contributed by atoms with Gasteiger partial charge >= 0.3 is 6.09 Å². The van der Waals surface area contributed by atoms with E-state index in [-0.39, 0.29) is 0 Å². The van der Waals surface area contributed by atoms with Crippen LogP contribution < -0.4 is 0 Å². The van der Waals surface area contributed by atoms with Crippen molar-refractivity contribution in [2.24, 2.45) is 5.10 Å². The average Bonchev–Trinajstić information content (AvgIpc) is 2.27. The lowest BCUT2D eigenvalue weighted by molar-refractivity contribution is 0.0350. The van der Waals surface area contributed by atoms with Crippen molar-refractivity contribution in [3.05, 3.63) is 35.9 Å². The first kappa shape index (κ1) is 11.6. The topological polar surface area (TPSA) is 41.9 Å². The van der Waals surface area contributed by atoms with Gasteiger partial charge in [0, 0.05) is 0 Å². The Kier molecular flexibility index (Phi) is 2.88. The summed E-state index contributed by atoms with van der Waals surface area (Å²) in [5.74, 6) is 0. The van der Waals surface area contributed by atoms with E-state index in [1.54, 1.807) is 0 Å². The molecule has 1 aliphatic rings. The molecule has 0 fully saturated rings. The van der Waals surface area contributed by atoms with Crippen molar-refractivity contribution >= 4 is 11.8 Å². The van der Waals surface area contributed by atoms with Crippen LogP contribution in [0.3, 0.4) is 0 Å². The van der Waals surface area contributed by atoms with Gasteiger partial charge < -0.3 is 4.74 Å². The Morgan fingerprint density at radius 1 is 1.29 bits per heavy atom. The van der Waals surface area contributed by atoms with Gasteiger partial charge in [0.25, 0.3) is 0 Å². The zero-order valence-corrected chi connectivity index (χ0v) is 10.3.